The molecule has 2 bridgehead atoms. The summed E-state index contributed by atoms with van der Waals surface area (Å²) in [6.07, 6.45) is -3.72. The monoisotopic (exact) mass is 714 g/mol. The van der Waals surface area contributed by atoms with E-state index in [1.54, 1.807) is 11.5 Å². The first-order chi connectivity index (χ1) is 22.3. The third kappa shape index (κ3) is 5.00. The van der Waals surface area contributed by atoms with Gasteiger partial charge in [-0.2, -0.15) is 4.37 Å². The maximum atomic E-state index is 13.6. The minimum atomic E-state index is -4.97. The highest BCUT2D eigenvalue weighted by molar-refractivity contribution is 7.47. The first-order valence-electron chi connectivity index (χ1n) is 14.4. The number of aliphatic hydroxyl groups excluding tert-OH is 2. The minimum absolute atomic E-state index is 0.00313. The normalized spacial score (nSPS) is 40.4. The number of aliphatic hydroxyl groups is 2. The summed E-state index contributed by atoms with van der Waals surface area (Å²) in [6.45, 7) is -0.246. The van der Waals surface area contributed by atoms with Crippen molar-refractivity contribution >= 4 is 55.2 Å². The number of nitrogen functional groups attached to an aromatic ring is 1. The van der Waals surface area contributed by atoms with E-state index in [1.165, 1.54) is 12.7 Å². The predicted octanol–water partition coefficient (Wildman–Crippen LogP) is 0.0984. The molecule has 2 saturated heterocycles. The van der Waals surface area contributed by atoms with Gasteiger partial charge in [-0.25, -0.2) is 29.1 Å². The number of hydrogen-bond acceptors (Lipinski definition) is 17. The van der Waals surface area contributed by atoms with Crippen LogP contribution in [-0.4, -0.2) is 98.1 Å². The molecule has 4 aliphatic rings. The highest BCUT2D eigenvalue weighted by Crippen LogP contribution is 2.72. The number of rotatable bonds is 3. The number of phosphoric ester groups is 2. The number of nitrogens with two attached hydrogens (primary N) is 1. The van der Waals surface area contributed by atoms with Crippen LogP contribution in [0.25, 0.3) is 22.2 Å². The minimum Gasteiger partial charge on any atom is -0.396 e. The molecule has 0 radical (unpaired) electrons. The van der Waals surface area contributed by atoms with Gasteiger partial charge in [-0.05, 0) is 30.8 Å². The van der Waals surface area contributed by atoms with Gasteiger partial charge in [-0.15, -0.1) is 0 Å². The lowest BCUT2D eigenvalue weighted by Gasteiger charge is -2.30. The number of imidazole rings is 1. The molecule has 252 valence electrons. The van der Waals surface area contributed by atoms with Crippen LogP contribution >= 0.6 is 27.2 Å². The molecule has 4 aromatic heterocycles. The van der Waals surface area contributed by atoms with E-state index in [0.29, 0.717) is 5.65 Å². The number of nitrogens with one attached hydrogen (secondary N) is 1. The second-order valence-corrected chi connectivity index (χ2v) is 15.7. The fourth-order valence-electron chi connectivity index (χ4n) is 7.18. The molecule has 20 nitrogen and oxygen atoms in total. The molecule has 11 atom stereocenters. The number of aromatic nitrogens is 7. The number of fused-ring (bicyclic) bond motifs is 4. The molecule has 8 rings (SSSR count). The van der Waals surface area contributed by atoms with Crippen molar-refractivity contribution in [3.8, 4) is 0 Å². The Balaban J connectivity index is 1.15. The summed E-state index contributed by atoms with van der Waals surface area (Å²) in [4.78, 5) is 54.0. The maximum absolute atomic E-state index is 13.6. The molecule has 6 heterocycles. The molecule has 2 unspecified atom stereocenters. The van der Waals surface area contributed by atoms with Gasteiger partial charge in [0, 0.05) is 11.3 Å². The Morgan fingerprint density at radius 3 is 2.72 bits per heavy atom. The van der Waals surface area contributed by atoms with E-state index < -0.39 is 94.8 Å². The average molecular weight is 715 g/mol. The number of phosphoric acid groups is 2. The standard InChI is InChI=1S/C24H28N8O12P2S/c1-8-29-12-13(23(35)30-8)31-47-19(12)18-17-9(3-33)11(42-18)4-40-45(36,37)44-20-16(34)15(10-2-24(10,20)5-41-46(38,39)43-17)32-7-28-14-21(25)26-6-27-22(14)32/h6-7,9-11,15-18,20,33-34H,2-5H2,1H3,(H,36,37)(H,38,39)(H2,25,26,27)(H,29,30,35)/t9-,10-,11-,15-,16+,17-,18-,20+,24-/m1/s1. The van der Waals surface area contributed by atoms with Gasteiger partial charge >= 0.3 is 15.6 Å². The fourth-order valence-corrected chi connectivity index (χ4v) is 10.1. The molecule has 4 fully saturated rings. The van der Waals surface area contributed by atoms with Crippen LogP contribution in [0.2, 0.25) is 0 Å². The van der Waals surface area contributed by atoms with Crippen molar-refractivity contribution < 1.29 is 52.0 Å². The zero-order valence-electron chi connectivity index (χ0n) is 24.2. The lowest BCUT2D eigenvalue weighted by Crippen LogP contribution is -2.38. The van der Waals surface area contributed by atoms with Gasteiger partial charge in [0.05, 0.1) is 43.2 Å². The first kappa shape index (κ1) is 31.5. The highest BCUT2D eigenvalue weighted by atomic mass is 32.1. The van der Waals surface area contributed by atoms with Crippen LogP contribution < -0.4 is 11.3 Å². The van der Waals surface area contributed by atoms with Crippen molar-refractivity contribution in [2.24, 2.45) is 17.3 Å². The van der Waals surface area contributed by atoms with Crippen LogP contribution in [0.15, 0.2) is 17.4 Å². The van der Waals surface area contributed by atoms with Crippen LogP contribution in [0.5, 0.6) is 0 Å². The van der Waals surface area contributed by atoms with Crippen molar-refractivity contribution in [1.82, 2.24) is 33.9 Å². The lowest BCUT2D eigenvalue weighted by molar-refractivity contribution is -0.0502. The summed E-state index contributed by atoms with van der Waals surface area (Å²) in [7, 11) is -9.93. The zero-order valence-corrected chi connectivity index (χ0v) is 26.8. The second kappa shape index (κ2) is 10.9. The highest BCUT2D eigenvalue weighted by Gasteiger charge is 2.74. The van der Waals surface area contributed by atoms with E-state index in [1.807, 2.05) is 0 Å². The van der Waals surface area contributed by atoms with Crippen LogP contribution in [0, 0.1) is 24.2 Å². The predicted molar refractivity (Wildman–Crippen MR) is 158 cm³/mol. The summed E-state index contributed by atoms with van der Waals surface area (Å²) in [5.41, 5.74) is 4.95. The Morgan fingerprint density at radius 2 is 1.94 bits per heavy atom. The Labute approximate surface area is 267 Å². The lowest BCUT2D eigenvalue weighted by atomic mass is 9.96. The number of anilines is 1. The van der Waals surface area contributed by atoms with Gasteiger partial charge in [0.15, 0.2) is 17.0 Å². The fraction of sp³-hybridized carbons (Fsp3) is 0.583. The molecule has 2 aliphatic carbocycles. The van der Waals surface area contributed by atoms with E-state index in [-0.39, 0.29) is 39.5 Å². The van der Waals surface area contributed by atoms with Crippen molar-refractivity contribution in [1.29, 1.82) is 0 Å². The van der Waals surface area contributed by atoms with E-state index in [4.69, 9.17) is 28.6 Å². The van der Waals surface area contributed by atoms with Gasteiger partial charge in [0.2, 0.25) is 0 Å². The molecule has 23 heteroatoms. The SMILES string of the molecule is Cc1nc2c([C@@H]3O[C@@H]4COP(=O)(O)O[C@H]5[C@@H](O)[C@H](n6cnc7c(N)ncnc76)[C@H]6C[C@@]65COP(=O)(O)O[C@@H]3[C@@H]4CO)snc2c(=O)[nH]1. The molecule has 4 aromatic rings. The Hall–Kier alpha value is -2.78. The number of ether oxygens (including phenoxy) is 1. The molecule has 0 amide bonds. The van der Waals surface area contributed by atoms with Crippen LogP contribution in [0.3, 0.4) is 0 Å². The second-order valence-electron chi connectivity index (χ2n) is 12.0. The number of aromatic amines is 1. The molecule has 7 N–H and O–H groups in total. The summed E-state index contributed by atoms with van der Waals surface area (Å²) >= 11 is 0.846. The average Bonchev–Trinajstić information content (AvgIpc) is 3.30. The summed E-state index contributed by atoms with van der Waals surface area (Å²) < 4.78 is 61.0. The van der Waals surface area contributed by atoms with Crippen molar-refractivity contribution in [2.45, 2.75) is 49.9 Å². The van der Waals surface area contributed by atoms with Gasteiger partial charge in [-0.1, -0.05) is 0 Å². The largest absolute Gasteiger partial charge is 0.472 e. The van der Waals surface area contributed by atoms with Crippen molar-refractivity contribution in [2.75, 3.05) is 25.6 Å². The third-order valence-electron chi connectivity index (χ3n) is 9.40. The van der Waals surface area contributed by atoms with Gasteiger partial charge in [-0.3, -0.25) is 22.9 Å². The van der Waals surface area contributed by atoms with Crippen molar-refractivity contribution in [3.63, 3.8) is 0 Å². The Bertz CT molecular complexity index is 2060. The first-order valence-corrected chi connectivity index (χ1v) is 18.1. The quantitative estimate of drug-likeness (QED) is 0.153. The summed E-state index contributed by atoms with van der Waals surface area (Å²) in [5.74, 6) is -1.18. The molecule has 0 aromatic carbocycles. The number of H-pyrrole nitrogens is 1. The van der Waals surface area contributed by atoms with E-state index in [0.717, 1.165) is 11.5 Å². The van der Waals surface area contributed by atoms with E-state index >= 15 is 0 Å². The molecular formula is C24H28N8O12P2S. The Kier molecular flexibility index (Phi) is 7.28. The molecular weight excluding hydrogens is 686 g/mol. The smallest absolute Gasteiger partial charge is 0.396 e. The molecule has 1 spiro atoms. The molecule has 47 heavy (non-hydrogen) atoms. The van der Waals surface area contributed by atoms with Crippen molar-refractivity contribution in [3.05, 3.63) is 33.7 Å². The maximum Gasteiger partial charge on any atom is 0.472 e. The summed E-state index contributed by atoms with van der Waals surface area (Å²) in [6, 6.07) is -0.809. The van der Waals surface area contributed by atoms with Crippen LogP contribution in [0.1, 0.15) is 29.3 Å². The summed E-state index contributed by atoms with van der Waals surface area (Å²) in [5, 5.41) is 21.9. The molecule has 2 aliphatic heterocycles. The van der Waals surface area contributed by atoms with Crippen LogP contribution in [0.4, 0.5) is 5.82 Å². The van der Waals surface area contributed by atoms with E-state index in [9.17, 15) is 33.9 Å². The number of aryl methyl sites for hydroxylation is 1. The van der Waals surface area contributed by atoms with Gasteiger partial charge in [0.1, 0.15) is 47.6 Å². The van der Waals surface area contributed by atoms with Gasteiger partial charge in [0.25, 0.3) is 5.56 Å². The zero-order chi connectivity index (χ0) is 33.0. The third-order valence-corrected chi connectivity index (χ3v) is 12.2. The van der Waals surface area contributed by atoms with Crippen LogP contribution in [-0.2, 0) is 32.0 Å². The number of hydrogen-bond donors (Lipinski definition) is 6. The van der Waals surface area contributed by atoms with Gasteiger partial charge < -0.3 is 40.0 Å². The Morgan fingerprint density at radius 1 is 1.15 bits per heavy atom. The van der Waals surface area contributed by atoms with E-state index in [2.05, 4.69) is 29.3 Å². The topological polar surface area (TPSA) is 289 Å². The number of nitrogens with zero attached hydrogens (tertiary/aromatic N) is 6. The molecule has 2 saturated carbocycles.